The number of carbonyl (C=O) groups excluding carboxylic acids is 3. The summed E-state index contributed by atoms with van der Waals surface area (Å²) in [7, 11) is 0. The fraction of sp³-hybridized carbons (Fsp3) is 0.833. The van der Waals surface area contributed by atoms with Crippen molar-refractivity contribution in [3.05, 3.63) is 0 Å². The quantitative estimate of drug-likeness (QED) is 0.627. The zero-order valence-electron chi connectivity index (χ0n) is 16.3. The normalized spacial score (nSPS) is 27.9. The van der Waals surface area contributed by atoms with Crippen molar-refractivity contribution in [3.63, 3.8) is 0 Å². The van der Waals surface area contributed by atoms with Crippen LogP contribution in [0.1, 0.15) is 59.3 Å². The summed E-state index contributed by atoms with van der Waals surface area (Å²) < 4.78 is 42.6. The number of amides is 3. The molecule has 2 fully saturated rings. The predicted molar refractivity (Wildman–Crippen MR) is 93.7 cm³/mol. The number of carbonyl (C=O) groups is 3. The minimum Gasteiger partial charge on any atom is -0.444 e. The van der Waals surface area contributed by atoms with Crippen LogP contribution in [-0.2, 0) is 14.3 Å². The Morgan fingerprint density at radius 2 is 1.36 bits per heavy atom. The van der Waals surface area contributed by atoms with Gasteiger partial charge in [-0.05, 0) is 59.3 Å². The number of hydrazine groups is 1. The zero-order valence-corrected chi connectivity index (χ0v) is 16.3. The molecule has 0 aromatic heterocycles. The molecule has 0 aromatic rings. The summed E-state index contributed by atoms with van der Waals surface area (Å²) in [4.78, 5) is 35.7. The van der Waals surface area contributed by atoms with Crippen LogP contribution in [0, 0.1) is 17.8 Å². The Morgan fingerprint density at radius 3 is 1.82 bits per heavy atom. The Bertz CT molecular complexity index is 590. The van der Waals surface area contributed by atoms with Gasteiger partial charge < -0.3 is 10.1 Å². The van der Waals surface area contributed by atoms with E-state index in [1.165, 1.54) is 0 Å². The van der Waals surface area contributed by atoms with E-state index in [1.54, 1.807) is 20.8 Å². The van der Waals surface area contributed by atoms with Crippen LogP contribution in [0.4, 0.5) is 18.0 Å². The molecule has 2 aliphatic carbocycles. The summed E-state index contributed by atoms with van der Waals surface area (Å²) in [5.41, 5.74) is 3.95. The number of hydrogen-bond donors (Lipinski definition) is 3. The number of alkyl halides is 3. The molecule has 7 nitrogen and oxygen atoms in total. The molecule has 0 bridgehead atoms. The molecule has 0 saturated heterocycles. The summed E-state index contributed by atoms with van der Waals surface area (Å²) in [6.45, 7) is 5.32. The Labute approximate surface area is 162 Å². The van der Waals surface area contributed by atoms with Gasteiger partial charge in [-0.1, -0.05) is 0 Å². The lowest BCUT2D eigenvalue weighted by molar-refractivity contribution is -0.204. The van der Waals surface area contributed by atoms with Gasteiger partial charge in [0.1, 0.15) is 5.60 Å². The van der Waals surface area contributed by atoms with E-state index in [1.807, 2.05) is 0 Å². The van der Waals surface area contributed by atoms with Crippen LogP contribution in [0.15, 0.2) is 0 Å². The SMILES string of the molecule is CC(C)(C)OC(=O)N[C@H]1CC[C@H](C(=O)NNC(=O)[C@H]2C[C@@H](C(F)(F)F)C2)CC1. The van der Waals surface area contributed by atoms with Crippen molar-refractivity contribution in [3.8, 4) is 0 Å². The number of alkyl carbamates (subject to hydrolysis) is 1. The first-order valence-electron chi connectivity index (χ1n) is 9.51. The summed E-state index contributed by atoms with van der Waals surface area (Å²) in [5, 5.41) is 2.78. The highest BCUT2D eigenvalue weighted by Crippen LogP contribution is 2.44. The van der Waals surface area contributed by atoms with Crippen LogP contribution < -0.4 is 16.2 Å². The van der Waals surface area contributed by atoms with E-state index in [0.29, 0.717) is 25.7 Å². The molecule has 2 aliphatic rings. The van der Waals surface area contributed by atoms with Gasteiger partial charge in [0.25, 0.3) is 0 Å². The molecule has 10 heteroatoms. The smallest absolute Gasteiger partial charge is 0.407 e. The van der Waals surface area contributed by atoms with E-state index < -0.39 is 35.6 Å². The van der Waals surface area contributed by atoms with Crippen molar-refractivity contribution in [2.75, 3.05) is 0 Å². The molecule has 160 valence electrons. The molecule has 0 unspecified atom stereocenters. The lowest BCUT2D eigenvalue weighted by Crippen LogP contribution is -2.51. The summed E-state index contributed by atoms with van der Waals surface area (Å²) in [6.07, 6.45) is -3.00. The second-order valence-electron chi connectivity index (χ2n) is 8.58. The van der Waals surface area contributed by atoms with E-state index in [4.69, 9.17) is 4.74 Å². The van der Waals surface area contributed by atoms with E-state index in [2.05, 4.69) is 16.2 Å². The van der Waals surface area contributed by atoms with Crippen LogP contribution >= 0.6 is 0 Å². The standard InChI is InChI=1S/C18H28F3N3O4/c1-17(2,3)28-16(27)22-13-6-4-10(5-7-13)14(25)23-24-15(26)11-8-12(9-11)18(19,20)21/h10-13H,4-9H2,1-3H3,(H,22,27)(H,23,25)(H,24,26)/t10-,11-,12+,13-. The monoisotopic (exact) mass is 407 g/mol. The molecule has 2 saturated carbocycles. The van der Waals surface area contributed by atoms with Gasteiger partial charge in [-0.3, -0.25) is 20.4 Å². The first-order valence-corrected chi connectivity index (χ1v) is 9.51. The van der Waals surface area contributed by atoms with Gasteiger partial charge in [0, 0.05) is 17.9 Å². The van der Waals surface area contributed by atoms with Crippen molar-refractivity contribution in [2.45, 2.75) is 77.1 Å². The molecule has 3 N–H and O–H groups in total. The van der Waals surface area contributed by atoms with Gasteiger partial charge >= 0.3 is 12.3 Å². The number of ether oxygens (including phenoxy) is 1. The molecule has 0 spiro atoms. The number of halogens is 3. The van der Waals surface area contributed by atoms with Crippen LogP contribution in [-0.4, -0.2) is 35.7 Å². The molecule has 28 heavy (non-hydrogen) atoms. The fourth-order valence-corrected chi connectivity index (χ4v) is 3.40. The van der Waals surface area contributed by atoms with Crippen molar-refractivity contribution in [1.29, 1.82) is 0 Å². The molecule has 0 aliphatic heterocycles. The van der Waals surface area contributed by atoms with Crippen LogP contribution in [0.25, 0.3) is 0 Å². The number of rotatable bonds is 3. The summed E-state index contributed by atoms with van der Waals surface area (Å²) in [6, 6.07) is -0.0808. The van der Waals surface area contributed by atoms with Crippen LogP contribution in [0.5, 0.6) is 0 Å². The van der Waals surface area contributed by atoms with Gasteiger partial charge in [0.15, 0.2) is 0 Å². The second-order valence-corrected chi connectivity index (χ2v) is 8.58. The van der Waals surface area contributed by atoms with Crippen LogP contribution in [0.2, 0.25) is 0 Å². The third-order valence-corrected chi connectivity index (χ3v) is 5.10. The van der Waals surface area contributed by atoms with E-state index in [9.17, 15) is 27.6 Å². The van der Waals surface area contributed by atoms with Crippen molar-refractivity contribution < 1.29 is 32.3 Å². The largest absolute Gasteiger partial charge is 0.444 e. The van der Waals surface area contributed by atoms with Crippen molar-refractivity contribution in [1.82, 2.24) is 16.2 Å². The number of nitrogens with one attached hydrogen (secondary N) is 3. The maximum atomic E-state index is 12.5. The molecular formula is C18H28F3N3O4. The van der Waals surface area contributed by atoms with Gasteiger partial charge in [-0.15, -0.1) is 0 Å². The first-order chi connectivity index (χ1) is 12.8. The second kappa shape index (κ2) is 8.57. The molecule has 0 heterocycles. The highest BCUT2D eigenvalue weighted by molar-refractivity contribution is 5.85. The molecule has 0 atom stereocenters. The topological polar surface area (TPSA) is 96.5 Å². The molecule has 0 aromatic carbocycles. The number of hydrogen-bond acceptors (Lipinski definition) is 4. The molecule has 2 rings (SSSR count). The highest BCUT2D eigenvalue weighted by atomic mass is 19.4. The third-order valence-electron chi connectivity index (χ3n) is 5.10. The third kappa shape index (κ3) is 6.56. The lowest BCUT2D eigenvalue weighted by Gasteiger charge is -2.35. The first kappa shape index (κ1) is 22.3. The average Bonchev–Trinajstić information content (AvgIpc) is 2.48. The minimum absolute atomic E-state index is 0.0808. The highest BCUT2D eigenvalue weighted by Gasteiger charge is 2.50. The predicted octanol–water partition coefficient (Wildman–Crippen LogP) is 2.81. The maximum Gasteiger partial charge on any atom is 0.407 e. The van der Waals surface area contributed by atoms with Gasteiger partial charge in [0.05, 0.1) is 5.92 Å². The lowest BCUT2D eigenvalue weighted by atomic mass is 9.74. The van der Waals surface area contributed by atoms with Crippen molar-refractivity contribution >= 4 is 17.9 Å². The Hall–Kier alpha value is -2.00. The Kier molecular flexibility index (Phi) is 6.82. The van der Waals surface area contributed by atoms with Crippen LogP contribution in [0.3, 0.4) is 0 Å². The minimum atomic E-state index is -4.27. The van der Waals surface area contributed by atoms with E-state index in [0.717, 1.165) is 0 Å². The summed E-state index contributed by atoms with van der Waals surface area (Å²) in [5.74, 6) is -3.43. The van der Waals surface area contributed by atoms with Gasteiger partial charge in [0.2, 0.25) is 11.8 Å². The molecular weight excluding hydrogens is 379 g/mol. The Balaban J connectivity index is 1.64. The summed E-state index contributed by atoms with van der Waals surface area (Å²) >= 11 is 0. The molecule has 0 radical (unpaired) electrons. The van der Waals surface area contributed by atoms with E-state index >= 15 is 0 Å². The zero-order chi connectivity index (χ0) is 21.1. The molecule has 3 amide bonds. The maximum absolute atomic E-state index is 12.5. The van der Waals surface area contributed by atoms with E-state index in [-0.39, 0.29) is 30.7 Å². The Morgan fingerprint density at radius 1 is 0.857 bits per heavy atom. The fourth-order valence-electron chi connectivity index (χ4n) is 3.40. The average molecular weight is 407 g/mol. The van der Waals surface area contributed by atoms with Crippen molar-refractivity contribution in [2.24, 2.45) is 17.8 Å². The van der Waals surface area contributed by atoms with Gasteiger partial charge in [-0.25, -0.2) is 4.79 Å². The van der Waals surface area contributed by atoms with Gasteiger partial charge in [-0.2, -0.15) is 13.2 Å².